The number of carbonyl (C=O) groups is 1. The molecular weight excluding hydrogens is 593 g/mol. The molecule has 0 spiro atoms. The first-order chi connectivity index (χ1) is 20.9. The molecule has 0 saturated carbocycles. The average molecular weight is 632 g/mol. The van der Waals surface area contributed by atoms with E-state index in [-0.39, 0.29) is 34.3 Å². The Morgan fingerprint density at radius 1 is 0.933 bits per heavy atom. The summed E-state index contributed by atoms with van der Waals surface area (Å²) in [7, 11) is 1.61. The van der Waals surface area contributed by atoms with Gasteiger partial charge in [-0.05, 0) is 47.9 Å². The summed E-state index contributed by atoms with van der Waals surface area (Å²) < 4.78 is 11.5. The number of carboxylic acid groups (broad SMARTS) is 1. The first-order valence-corrected chi connectivity index (χ1v) is 15.4. The molecule has 5 aromatic rings. The van der Waals surface area contributed by atoms with Crippen LogP contribution in [0.25, 0.3) is 22.0 Å². The molecule has 0 bridgehead atoms. The molecule has 7 nitrogen and oxygen atoms in total. The van der Waals surface area contributed by atoms with E-state index in [0.717, 1.165) is 55.2 Å². The number of benzene rings is 2. The van der Waals surface area contributed by atoms with Gasteiger partial charge in [0.2, 0.25) is 5.88 Å². The van der Waals surface area contributed by atoms with E-state index >= 15 is 0 Å². The molecule has 3 heterocycles. The first kappa shape index (κ1) is 34.6. The Balaban J connectivity index is 0.00000461. The van der Waals surface area contributed by atoms with Crippen LogP contribution < -0.4 is 44.1 Å². The zero-order chi connectivity index (χ0) is 31.5. The van der Waals surface area contributed by atoms with E-state index < -0.39 is 11.4 Å². The molecule has 228 valence electrons. The molecule has 0 saturated heterocycles. The van der Waals surface area contributed by atoms with Crippen molar-refractivity contribution in [2.75, 3.05) is 7.11 Å². The summed E-state index contributed by atoms with van der Waals surface area (Å²) in [6.45, 7) is 10.2. The van der Waals surface area contributed by atoms with Crippen LogP contribution in [0.15, 0.2) is 84.0 Å². The van der Waals surface area contributed by atoms with Crippen LogP contribution in [-0.2, 0) is 24.2 Å². The third kappa shape index (κ3) is 8.50. The second-order valence-electron chi connectivity index (χ2n) is 12.5. The second kappa shape index (κ2) is 14.4. The van der Waals surface area contributed by atoms with Crippen LogP contribution in [0.5, 0.6) is 11.6 Å². The molecule has 0 fully saturated rings. The summed E-state index contributed by atoms with van der Waals surface area (Å²) in [5.74, 6) is 0.274. The molecule has 2 aromatic carbocycles. The van der Waals surface area contributed by atoms with Gasteiger partial charge in [0.05, 0.1) is 12.8 Å². The number of fused-ring (bicyclic) bond motifs is 1. The molecule has 3 aromatic heterocycles. The summed E-state index contributed by atoms with van der Waals surface area (Å²) in [5, 5.41) is 13.1. The van der Waals surface area contributed by atoms with Crippen molar-refractivity contribution in [3.63, 3.8) is 0 Å². The predicted molar refractivity (Wildman–Crippen MR) is 174 cm³/mol. The molecular formula is C36H38N3NaO4S. The maximum absolute atomic E-state index is 12.0. The Kier molecular flexibility index (Phi) is 11.1. The second-order valence-corrected chi connectivity index (χ2v) is 14.4. The summed E-state index contributed by atoms with van der Waals surface area (Å²) in [4.78, 5) is 25.4. The molecule has 9 heteroatoms. The third-order valence-electron chi connectivity index (χ3n) is 7.35. The van der Waals surface area contributed by atoms with Gasteiger partial charge in [0.25, 0.3) is 0 Å². The fourth-order valence-electron chi connectivity index (χ4n) is 5.06. The number of methoxy groups -OCH3 is 1. The van der Waals surface area contributed by atoms with E-state index in [4.69, 9.17) is 9.47 Å². The van der Waals surface area contributed by atoms with Gasteiger partial charge in [0, 0.05) is 73.6 Å². The van der Waals surface area contributed by atoms with Gasteiger partial charge in [-0.25, -0.2) is 4.98 Å². The quantitative estimate of drug-likeness (QED) is 0.174. The molecule has 0 unspecified atom stereocenters. The van der Waals surface area contributed by atoms with Crippen molar-refractivity contribution < 1.29 is 48.9 Å². The number of hydrogen-bond donors (Lipinski definition) is 1. The SMILES string of the molecule is COc1ccc(-c2ccc(Cc3c(OCc4ccccn4)ccc4[nH]c(CC(C)(C)C(=O)[O-])c(SC(C)(C)C)c34)cc2)cn1.[Na+]. The van der Waals surface area contributed by atoms with Gasteiger partial charge in [-0.15, -0.1) is 11.8 Å². The molecule has 0 radical (unpaired) electrons. The Morgan fingerprint density at radius 3 is 2.27 bits per heavy atom. The van der Waals surface area contributed by atoms with E-state index in [1.165, 1.54) is 0 Å². The van der Waals surface area contributed by atoms with Gasteiger partial charge in [0.15, 0.2) is 0 Å². The fourth-order valence-corrected chi connectivity index (χ4v) is 6.25. The van der Waals surface area contributed by atoms with Crippen molar-refractivity contribution in [1.29, 1.82) is 0 Å². The van der Waals surface area contributed by atoms with Gasteiger partial charge >= 0.3 is 29.6 Å². The van der Waals surface area contributed by atoms with Crippen molar-refractivity contribution in [2.24, 2.45) is 5.41 Å². The largest absolute Gasteiger partial charge is 1.00 e. The zero-order valence-corrected chi connectivity index (χ0v) is 29.9. The fraction of sp³-hybridized carbons (Fsp3) is 0.306. The molecule has 1 N–H and O–H groups in total. The van der Waals surface area contributed by atoms with Crippen LogP contribution in [0.3, 0.4) is 0 Å². The number of ether oxygens (including phenoxy) is 2. The first-order valence-electron chi connectivity index (χ1n) is 14.6. The maximum Gasteiger partial charge on any atom is 1.00 e. The van der Waals surface area contributed by atoms with Crippen molar-refractivity contribution >= 4 is 28.6 Å². The standard InChI is InChI=1S/C36H39N3O4S.Na/c1-35(2,3)44-33-29(20-36(4,5)34(40)41)39-28-15-16-30(43-22-26-9-7-8-18-37-26)27(32(28)33)19-23-10-12-24(13-11-23)25-14-17-31(42-6)38-21-25;/h7-18,21,39H,19-20,22H2,1-6H3,(H,40,41);/q;+1/p-1. The normalized spacial score (nSPS) is 11.7. The molecule has 5 rings (SSSR count). The van der Waals surface area contributed by atoms with Gasteiger partial charge < -0.3 is 24.4 Å². The minimum absolute atomic E-state index is 0. The Bertz CT molecular complexity index is 1750. The van der Waals surface area contributed by atoms with Crippen LogP contribution in [0.1, 0.15) is 57.1 Å². The smallest absolute Gasteiger partial charge is 0.550 e. The summed E-state index contributed by atoms with van der Waals surface area (Å²) in [6.07, 6.45) is 4.51. The average Bonchev–Trinajstić information content (AvgIpc) is 3.32. The maximum atomic E-state index is 12.0. The van der Waals surface area contributed by atoms with Gasteiger partial charge in [0.1, 0.15) is 12.4 Å². The van der Waals surface area contributed by atoms with E-state index in [0.29, 0.717) is 25.3 Å². The number of carbonyl (C=O) groups excluding carboxylic acids is 1. The Hall–Kier alpha value is -3.30. The minimum atomic E-state index is -1.07. The number of pyridine rings is 2. The number of aromatic amines is 1. The topological polar surface area (TPSA) is 100 Å². The van der Waals surface area contributed by atoms with Crippen molar-refractivity contribution in [2.45, 2.75) is 63.7 Å². The van der Waals surface area contributed by atoms with Gasteiger partial charge in [-0.1, -0.05) is 65.0 Å². The summed E-state index contributed by atoms with van der Waals surface area (Å²) >= 11 is 1.74. The Labute approximate surface area is 291 Å². The predicted octanol–water partition coefficient (Wildman–Crippen LogP) is 4.02. The minimum Gasteiger partial charge on any atom is -0.550 e. The third-order valence-corrected chi connectivity index (χ3v) is 8.62. The number of H-pyrrole nitrogens is 1. The van der Waals surface area contributed by atoms with Crippen LogP contribution in [0.2, 0.25) is 0 Å². The molecule has 0 aliphatic heterocycles. The number of rotatable bonds is 11. The van der Waals surface area contributed by atoms with E-state index in [1.54, 1.807) is 38.9 Å². The summed E-state index contributed by atoms with van der Waals surface area (Å²) in [6, 6.07) is 22.1. The van der Waals surface area contributed by atoms with Crippen LogP contribution in [0.4, 0.5) is 0 Å². The van der Waals surface area contributed by atoms with E-state index in [9.17, 15) is 9.90 Å². The van der Waals surface area contributed by atoms with E-state index in [2.05, 4.69) is 60.0 Å². The molecule has 45 heavy (non-hydrogen) atoms. The number of nitrogens with one attached hydrogen (secondary N) is 1. The molecule has 0 aliphatic carbocycles. The number of aromatic nitrogens is 3. The van der Waals surface area contributed by atoms with Gasteiger partial charge in [-0.2, -0.15) is 0 Å². The Morgan fingerprint density at radius 2 is 1.67 bits per heavy atom. The molecule has 0 aliphatic rings. The van der Waals surface area contributed by atoms with Crippen molar-refractivity contribution in [3.05, 3.63) is 102 Å². The number of nitrogens with zero attached hydrogens (tertiary/aromatic N) is 2. The molecule has 0 atom stereocenters. The van der Waals surface area contributed by atoms with Crippen molar-refractivity contribution in [1.82, 2.24) is 15.0 Å². The van der Waals surface area contributed by atoms with E-state index in [1.807, 2.05) is 48.7 Å². The number of aliphatic carboxylic acids is 1. The zero-order valence-electron chi connectivity index (χ0n) is 27.1. The number of carboxylic acids is 1. The van der Waals surface area contributed by atoms with Gasteiger partial charge in [-0.3, -0.25) is 4.98 Å². The number of hydrogen-bond acceptors (Lipinski definition) is 7. The monoisotopic (exact) mass is 631 g/mol. The van der Waals surface area contributed by atoms with Crippen LogP contribution in [-0.4, -0.2) is 32.8 Å². The van der Waals surface area contributed by atoms with Crippen LogP contribution in [0, 0.1) is 5.41 Å². The summed E-state index contributed by atoms with van der Waals surface area (Å²) in [5.41, 5.74) is 5.86. The number of thioether (sulfide) groups is 1. The molecule has 0 amide bonds. The van der Waals surface area contributed by atoms with Crippen LogP contribution >= 0.6 is 11.8 Å². The van der Waals surface area contributed by atoms with Crippen molar-refractivity contribution in [3.8, 4) is 22.8 Å².